The Morgan fingerprint density at radius 3 is 3.08 bits per heavy atom. The van der Waals surface area contributed by atoms with E-state index in [9.17, 15) is 0 Å². The number of aliphatic imine (C=N–C) groups is 1. The molecule has 66 valence electrons. The third-order valence-corrected chi connectivity index (χ3v) is 2.32. The molecule has 0 amide bonds. The minimum absolute atomic E-state index is 0.108. The summed E-state index contributed by atoms with van der Waals surface area (Å²) in [5.74, 6) is 0.517. The van der Waals surface area contributed by atoms with Crippen molar-refractivity contribution in [2.45, 2.75) is 18.9 Å². The summed E-state index contributed by atoms with van der Waals surface area (Å²) in [5.41, 5.74) is 0. The molecule has 0 saturated heterocycles. The third kappa shape index (κ3) is 2.44. The monoisotopic (exact) mass is 183 g/mol. The first-order valence-electron chi connectivity index (χ1n) is 4.11. The Bertz CT molecular complexity index is 200. The normalized spacial score (nSPS) is 25.9. The highest BCUT2D eigenvalue weighted by atomic mass is 32.1. The number of hydrogen-bond donors (Lipinski definition) is 0. The summed E-state index contributed by atoms with van der Waals surface area (Å²) in [6.45, 7) is 0.906. The molecule has 4 heteroatoms. The second-order valence-electron chi connectivity index (χ2n) is 2.82. The maximum absolute atomic E-state index is 4.90. The fourth-order valence-corrected chi connectivity index (χ4v) is 1.61. The van der Waals surface area contributed by atoms with E-state index in [1.54, 1.807) is 12.4 Å². The predicted octanol–water partition coefficient (Wildman–Crippen LogP) is 1.92. The van der Waals surface area contributed by atoms with Gasteiger partial charge < -0.3 is 0 Å². The molecular weight excluding hydrogens is 170 g/mol. The van der Waals surface area contributed by atoms with E-state index in [4.69, 9.17) is 12.2 Å². The Hall–Kier alpha value is -0.640. The minimum Gasteiger partial charge on any atom is -0.298 e. The van der Waals surface area contributed by atoms with E-state index in [2.05, 4.69) is 15.2 Å². The zero-order valence-electron chi connectivity index (χ0n) is 7.18. The van der Waals surface area contributed by atoms with Crippen LogP contribution in [-0.2, 0) is 0 Å². The van der Waals surface area contributed by atoms with Crippen molar-refractivity contribution in [1.29, 1.82) is 0 Å². The Morgan fingerprint density at radius 1 is 1.75 bits per heavy atom. The highest BCUT2D eigenvalue weighted by Gasteiger charge is 2.19. The highest BCUT2D eigenvalue weighted by molar-refractivity contribution is 7.79. The molecule has 3 nitrogen and oxygen atoms in total. The van der Waals surface area contributed by atoms with Gasteiger partial charge in [-0.1, -0.05) is 12.2 Å². The second kappa shape index (κ2) is 5.09. The maximum atomic E-state index is 4.90. The number of azo groups is 1. The van der Waals surface area contributed by atoms with Crippen LogP contribution >= 0.6 is 12.2 Å². The van der Waals surface area contributed by atoms with E-state index >= 15 is 0 Å². The van der Waals surface area contributed by atoms with Gasteiger partial charge in [-0.15, -0.1) is 0 Å². The minimum atomic E-state index is 0.108. The van der Waals surface area contributed by atoms with E-state index in [-0.39, 0.29) is 6.04 Å². The van der Waals surface area contributed by atoms with Gasteiger partial charge in [0, 0.05) is 19.0 Å². The molecule has 0 N–H and O–H groups in total. The first kappa shape index (κ1) is 9.45. The van der Waals surface area contributed by atoms with Gasteiger partial charge >= 0.3 is 0 Å². The van der Waals surface area contributed by atoms with Gasteiger partial charge in [0.1, 0.15) is 6.04 Å². The Kier molecular flexibility index (Phi) is 4.00. The second-order valence-corrected chi connectivity index (χ2v) is 3.09. The molecule has 0 bridgehead atoms. The molecular formula is C8H13N3S. The van der Waals surface area contributed by atoms with Crippen LogP contribution in [0.1, 0.15) is 12.8 Å². The van der Waals surface area contributed by atoms with Crippen LogP contribution in [0.2, 0.25) is 0 Å². The standard InChI is InChI=1S/C8H13N3S/c1-9-11-8(6-12)7-2-4-10-5-3-7/h4,6-8H,2-3,5H2,1H3. The van der Waals surface area contributed by atoms with E-state index in [0.717, 1.165) is 19.4 Å². The van der Waals surface area contributed by atoms with Gasteiger partial charge in [0.25, 0.3) is 0 Å². The maximum Gasteiger partial charge on any atom is 0.102 e. The summed E-state index contributed by atoms with van der Waals surface area (Å²) >= 11 is 4.90. The van der Waals surface area contributed by atoms with Gasteiger partial charge in [0.2, 0.25) is 0 Å². The quantitative estimate of drug-likeness (QED) is 0.486. The number of rotatable bonds is 3. The van der Waals surface area contributed by atoms with Gasteiger partial charge in [-0.3, -0.25) is 4.99 Å². The summed E-state index contributed by atoms with van der Waals surface area (Å²) in [7, 11) is 1.68. The Morgan fingerprint density at radius 2 is 2.58 bits per heavy atom. The SMILES string of the molecule is CN=NC(C=S)C1CC=NCC1. The Labute approximate surface area is 78.0 Å². The summed E-state index contributed by atoms with van der Waals surface area (Å²) in [5, 5.41) is 9.54. The van der Waals surface area contributed by atoms with Crippen LogP contribution in [-0.4, -0.2) is 31.2 Å². The van der Waals surface area contributed by atoms with Crippen LogP contribution in [0.5, 0.6) is 0 Å². The predicted molar refractivity (Wildman–Crippen MR) is 54.3 cm³/mol. The van der Waals surface area contributed by atoms with Crippen molar-refractivity contribution >= 4 is 23.8 Å². The number of hydrogen-bond acceptors (Lipinski definition) is 4. The summed E-state index contributed by atoms with van der Waals surface area (Å²) in [4.78, 5) is 4.16. The van der Waals surface area contributed by atoms with Crippen LogP contribution in [0.25, 0.3) is 0 Å². The lowest BCUT2D eigenvalue weighted by Crippen LogP contribution is -2.22. The topological polar surface area (TPSA) is 37.1 Å². The lowest BCUT2D eigenvalue weighted by atomic mass is 9.93. The molecule has 12 heavy (non-hydrogen) atoms. The van der Waals surface area contributed by atoms with Crippen LogP contribution in [0.3, 0.4) is 0 Å². The number of thiocarbonyl (C=S) groups is 1. The lowest BCUT2D eigenvalue weighted by molar-refractivity contribution is 0.464. The van der Waals surface area contributed by atoms with Crippen molar-refractivity contribution in [2.75, 3.05) is 13.6 Å². The van der Waals surface area contributed by atoms with Crippen molar-refractivity contribution in [3.05, 3.63) is 0 Å². The molecule has 0 saturated carbocycles. The molecule has 1 aliphatic rings. The molecule has 0 aromatic carbocycles. The Balaban J connectivity index is 2.52. The molecule has 1 rings (SSSR count). The van der Waals surface area contributed by atoms with Crippen molar-refractivity contribution in [1.82, 2.24) is 0 Å². The number of nitrogens with zero attached hydrogens (tertiary/aromatic N) is 3. The summed E-state index contributed by atoms with van der Waals surface area (Å²) in [6, 6.07) is 0.108. The highest BCUT2D eigenvalue weighted by Crippen LogP contribution is 2.18. The molecule has 0 aliphatic carbocycles. The fourth-order valence-electron chi connectivity index (χ4n) is 1.34. The first-order valence-corrected chi connectivity index (χ1v) is 4.58. The largest absolute Gasteiger partial charge is 0.298 e. The summed E-state index contributed by atoms with van der Waals surface area (Å²) in [6.07, 6.45) is 4.02. The van der Waals surface area contributed by atoms with Crippen LogP contribution in [0.15, 0.2) is 15.2 Å². The van der Waals surface area contributed by atoms with Crippen LogP contribution < -0.4 is 0 Å². The van der Waals surface area contributed by atoms with Crippen LogP contribution in [0, 0.1) is 5.92 Å². The van der Waals surface area contributed by atoms with Crippen molar-refractivity contribution in [2.24, 2.45) is 21.1 Å². The zero-order chi connectivity index (χ0) is 8.81. The van der Waals surface area contributed by atoms with Gasteiger partial charge in [0.15, 0.2) is 0 Å². The third-order valence-electron chi connectivity index (χ3n) is 2.04. The molecule has 1 heterocycles. The van der Waals surface area contributed by atoms with Gasteiger partial charge in [0.05, 0.1) is 0 Å². The molecule has 0 radical (unpaired) electrons. The van der Waals surface area contributed by atoms with Gasteiger partial charge in [-0.05, 0) is 25.0 Å². The molecule has 2 unspecified atom stereocenters. The van der Waals surface area contributed by atoms with E-state index in [0.29, 0.717) is 5.92 Å². The lowest BCUT2D eigenvalue weighted by Gasteiger charge is -2.19. The molecule has 0 fully saturated rings. The smallest absolute Gasteiger partial charge is 0.102 e. The molecule has 0 spiro atoms. The first-order chi connectivity index (χ1) is 5.88. The summed E-state index contributed by atoms with van der Waals surface area (Å²) < 4.78 is 0. The average Bonchev–Trinajstić information content (AvgIpc) is 2.15. The van der Waals surface area contributed by atoms with Crippen molar-refractivity contribution in [3.8, 4) is 0 Å². The zero-order valence-corrected chi connectivity index (χ0v) is 8.00. The van der Waals surface area contributed by atoms with Crippen molar-refractivity contribution in [3.63, 3.8) is 0 Å². The molecule has 2 atom stereocenters. The van der Waals surface area contributed by atoms with E-state index < -0.39 is 0 Å². The van der Waals surface area contributed by atoms with E-state index in [1.807, 2.05) is 6.21 Å². The molecule has 1 aliphatic heterocycles. The van der Waals surface area contributed by atoms with E-state index in [1.165, 1.54) is 0 Å². The molecule has 0 aromatic rings. The van der Waals surface area contributed by atoms with Crippen LogP contribution in [0.4, 0.5) is 0 Å². The van der Waals surface area contributed by atoms with Gasteiger partial charge in [-0.25, -0.2) is 0 Å². The molecule has 0 aromatic heterocycles. The fraction of sp³-hybridized carbons (Fsp3) is 0.750. The van der Waals surface area contributed by atoms with Gasteiger partial charge in [-0.2, -0.15) is 10.2 Å². The average molecular weight is 183 g/mol. The van der Waals surface area contributed by atoms with Crippen molar-refractivity contribution < 1.29 is 0 Å².